The quantitative estimate of drug-likeness (QED) is 0.411. The van der Waals surface area contributed by atoms with E-state index in [-0.39, 0.29) is 17.1 Å². The monoisotopic (exact) mass is 384 g/mol. The number of carboxylic acids is 1. The number of hydrogen-bond donors (Lipinski definition) is 2. The molecule has 0 fully saturated rings. The average Bonchev–Trinajstić information content (AvgIpc) is 2.72. The number of hydrogen-bond acceptors (Lipinski definition) is 2. The van der Waals surface area contributed by atoms with Gasteiger partial charge in [-0.25, -0.2) is 9.18 Å². The molecule has 0 amide bonds. The molecule has 0 aliphatic carbocycles. The fraction of sp³-hybridized carbons (Fsp3) is 0. The Morgan fingerprint density at radius 2 is 1.59 bits per heavy atom. The molecule has 4 aromatic carbocycles. The Balaban J connectivity index is 1.73. The molecule has 0 aromatic heterocycles. The summed E-state index contributed by atoms with van der Waals surface area (Å²) in [5.41, 5.74) is 3.23. The highest BCUT2D eigenvalue weighted by molar-refractivity contribution is 5.95. The summed E-state index contributed by atoms with van der Waals surface area (Å²) in [6.07, 6.45) is 3.58. The van der Waals surface area contributed by atoms with Crippen LogP contribution in [0.15, 0.2) is 78.9 Å². The van der Waals surface area contributed by atoms with Crippen LogP contribution in [0.2, 0.25) is 0 Å². The summed E-state index contributed by atoms with van der Waals surface area (Å²) in [5.74, 6) is -1.12. The lowest BCUT2D eigenvalue weighted by molar-refractivity contribution is 0.0696. The summed E-state index contributed by atoms with van der Waals surface area (Å²) in [5, 5.41) is 21.1. The van der Waals surface area contributed by atoms with E-state index in [1.54, 1.807) is 48.5 Å². The van der Waals surface area contributed by atoms with E-state index in [0.29, 0.717) is 5.56 Å². The minimum Gasteiger partial charge on any atom is -0.507 e. The predicted octanol–water partition coefficient (Wildman–Crippen LogP) is 6.22. The molecule has 0 atom stereocenters. The van der Waals surface area contributed by atoms with Crippen molar-refractivity contribution in [1.29, 1.82) is 0 Å². The van der Waals surface area contributed by atoms with E-state index in [1.807, 2.05) is 30.3 Å². The van der Waals surface area contributed by atoms with Gasteiger partial charge in [0.15, 0.2) is 0 Å². The first-order valence-electron chi connectivity index (χ1n) is 9.04. The van der Waals surface area contributed by atoms with Gasteiger partial charge in [-0.15, -0.1) is 0 Å². The van der Waals surface area contributed by atoms with Crippen LogP contribution in [-0.2, 0) is 0 Å². The van der Waals surface area contributed by atoms with Crippen molar-refractivity contribution in [3.05, 3.63) is 101 Å². The van der Waals surface area contributed by atoms with Gasteiger partial charge < -0.3 is 10.2 Å². The Morgan fingerprint density at radius 1 is 0.828 bits per heavy atom. The zero-order valence-corrected chi connectivity index (χ0v) is 15.3. The highest BCUT2D eigenvalue weighted by atomic mass is 19.1. The normalized spacial score (nSPS) is 11.2. The van der Waals surface area contributed by atoms with E-state index in [4.69, 9.17) is 0 Å². The highest BCUT2D eigenvalue weighted by Gasteiger charge is 2.10. The molecule has 4 rings (SSSR count). The van der Waals surface area contributed by atoms with Gasteiger partial charge in [0.25, 0.3) is 0 Å². The topological polar surface area (TPSA) is 57.5 Å². The molecule has 2 N–H and O–H groups in total. The molecule has 29 heavy (non-hydrogen) atoms. The van der Waals surface area contributed by atoms with Crippen LogP contribution in [-0.4, -0.2) is 16.2 Å². The molecule has 4 aromatic rings. The second kappa shape index (κ2) is 7.60. The summed E-state index contributed by atoms with van der Waals surface area (Å²) in [4.78, 5) is 11.6. The van der Waals surface area contributed by atoms with Crippen molar-refractivity contribution >= 4 is 28.9 Å². The van der Waals surface area contributed by atoms with Crippen molar-refractivity contribution in [2.75, 3.05) is 0 Å². The summed E-state index contributed by atoms with van der Waals surface area (Å²) >= 11 is 0. The summed E-state index contributed by atoms with van der Waals surface area (Å²) in [6, 6.07) is 22.1. The van der Waals surface area contributed by atoms with Crippen LogP contribution in [0.4, 0.5) is 4.39 Å². The van der Waals surface area contributed by atoms with E-state index in [1.165, 1.54) is 12.1 Å². The maximum absolute atomic E-state index is 13.2. The molecule has 4 heteroatoms. The number of phenolic OH excluding ortho intramolecular Hbond substituents is 1. The third-order valence-electron chi connectivity index (χ3n) is 4.80. The van der Waals surface area contributed by atoms with Crippen molar-refractivity contribution in [1.82, 2.24) is 0 Å². The molecule has 0 heterocycles. The zero-order valence-electron chi connectivity index (χ0n) is 15.3. The molecule has 0 saturated heterocycles. The van der Waals surface area contributed by atoms with Gasteiger partial charge in [-0.2, -0.15) is 0 Å². The van der Waals surface area contributed by atoms with Crippen LogP contribution in [0.25, 0.3) is 34.1 Å². The highest BCUT2D eigenvalue weighted by Crippen LogP contribution is 2.27. The first-order valence-corrected chi connectivity index (χ1v) is 9.04. The molecular formula is C25H17FO3. The van der Waals surface area contributed by atoms with Gasteiger partial charge in [0, 0.05) is 5.39 Å². The molecule has 0 saturated carbocycles. The average molecular weight is 384 g/mol. The summed E-state index contributed by atoms with van der Waals surface area (Å²) in [7, 11) is 0. The number of aromatic hydroxyl groups is 1. The number of fused-ring (bicyclic) bond motifs is 1. The van der Waals surface area contributed by atoms with Gasteiger partial charge in [-0.1, -0.05) is 54.6 Å². The number of carboxylic acid groups (broad SMARTS) is 1. The minimum atomic E-state index is -1.02. The van der Waals surface area contributed by atoms with Crippen molar-refractivity contribution in [3.63, 3.8) is 0 Å². The molecule has 3 nitrogen and oxygen atoms in total. The van der Waals surface area contributed by atoms with E-state index in [9.17, 15) is 19.4 Å². The molecule has 0 unspecified atom stereocenters. The number of phenols is 1. The maximum Gasteiger partial charge on any atom is 0.336 e. The van der Waals surface area contributed by atoms with Crippen molar-refractivity contribution in [2.45, 2.75) is 0 Å². The first-order chi connectivity index (χ1) is 14.0. The van der Waals surface area contributed by atoms with Crippen molar-refractivity contribution < 1.29 is 19.4 Å². The Labute approximate surface area is 167 Å². The molecule has 142 valence electrons. The van der Waals surface area contributed by atoms with Crippen LogP contribution < -0.4 is 0 Å². The second-order valence-corrected chi connectivity index (χ2v) is 6.71. The van der Waals surface area contributed by atoms with Gasteiger partial charge >= 0.3 is 5.97 Å². The Bertz CT molecular complexity index is 1240. The summed E-state index contributed by atoms with van der Waals surface area (Å²) < 4.78 is 13.2. The second-order valence-electron chi connectivity index (χ2n) is 6.71. The predicted molar refractivity (Wildman–Crippen MR) is 113 cm³/mol. The zero-order chi connectivity index (χ0) is 20.4. The fourth-order valence-electron chi connectivity index (χ4n) is 3.29. The van der Waals surface area contributed by atoms with Gasteiger partial charge in [0.2, 0.25) is 0 Å². The third-order valence-corrected chi connectivity index (χ3v) is 4.80. The Hall–Kier alpha value is -3.92. The largest absolute Gasteiger partial charge is 0.507 e. The van der Waals surface area contributed by atoms with E-state index in [0.717, 1.165) is 27.5 Å². The molecular weight excluding hydrogens is 367 g/mol. The van der Waals surface area contributed by atoms with Gasteiger partial charge in [0.05, 0.1) is 5.56 Å². The Morgan fingerprint density at radius 3 is 2.34 bits per heavy atom. The van der Waals surface area contributed by atoms with Crippen molar-refractivity contribution in [3.8, 4) is 16.9 Å². The molecule has 0 spiro atoms. The van der Waals surface area contributed by atoms with Crippen LogP contribution >= 0.6 is 0 Å². The third kappa shape index (κ3) is 3.87. The molecule has 0 aliphatic rings. The first kappa shape index (κ1) is 18.4. The van der Waals surface area contributed by atoms with E-state index >= 15 is 0 Å². The lowest BCUT2D eigenvalue weighted by atomic mass is 9.98. The maximum atomic E-state index is 13.2. The van der Waals surface area contributed by atoms with Gasteiger partial charge in [-0.05, 0) is 64.0 Å². The van der Waals surface area contributed by atoms with Crippen LogP contribution in [0.5, 0.6) is 5.75 Å². The number of halogens is 1. The number of aromatic carboxylic acids is 1. The lowest BCUT2D eigenvalue weighted by Crippen LogP contribution is -1.99. The lowest BCUT2D eigenvalue weighted by Gasteiger charge is -2.07. The van der Waals surface area contributed by atoms with Gasteiger partial charge in [-0.3, -0.25) is 0 Å². The number of carbonyl (C=O) groups is 1. The fourth-order valence-corrected chi connectivity index (χ4v) is 3.29. The number of benzene rings is 4. The standard InChI is InChI=1S/C25H17FO3/c26-21-10-7-17(8-11-21)18-9-13-23(25(28)29)20(15-18)6-4-16-5-12-22-19(14-16)2-1-3-24(22)27/h1-15,27H,(H,28,29). The molecule has 0 radical (unpaired) electrons. The Kier molecular flexibility index (Phi) is 4.83. The SMILES string of the molecule is O=C(O)c1ccc(-c2ccc(F)cc2)cc1C=Cc1ccc2c(O)cccc2c1. The van der Waals surface area contributed by atoms with E-state index < -0.39 is 5.97 Å². The number of rotatable bonds is 4. The van der Waals surface area contributed by atoms with Crippen LogP contribution in [0, 0.1) is 5.82 Å². The summed E-state index contributed by atoms with van der Waals surface area (Å²) in [6.45, 7) is 0. The molecule has 0 bridgehead atoms. The molecule has 0 aliphatic heterocycles. The van der Waals surface area contributed by atoms with Gasteiger partial charge in [0.1, 0.15) is 11.6 Å². The van der Waals surface area contributed by atoms with Crippen LogP contribution in [0.3, 0.4) is 0 Å². The van der Waals surface area contributed by atoms with E-state index in [2.05, 4.69) is 0 Å². The van der Waals surface area contributed by atoms with Crippen LogP contribution in [0.1, 0.15) is 21.5 Å². The minimum absolute atomic E-state index is 0.186. The van der Waals surface area contributed by atoms with Crippen molar-refractivity contribution in [2.24, 2.45) is 0 Å². The smallest absolute Gasteiger partial charge is 0.336 e.